The van der Waals surface area contributed by atoms with E-state index in [1.54, 1.807) is 30.0 Å². The highest BCUT2D eigenvalue weighted by atomic mass is 32.2. The van der Waals surface area contributed by atoms with Crippen molar-refractivity contribution in [3.8, 4) is 5.75 Å². The zero-order valence-electron chi connectivity index (χ0n) is 13.2. The molecule has 0 unspecified atom stereocenters. The summed E-state index contributed by atoms with van der Waals surface area (Å²) in [6.07, 6.45) is 2.53. The van der Waals surface area contributed by atoms with E-state index < -0.39 is 23.8 Å². The average molecular weight is 347 g/mol. The fraction of sp³-hybridized carbons (Fsp3) is 0.167. The summed E-state index contributed by atoms with van der Waals surface area (Å²) in [7, 11) is 0. The van der Waals surface area contributed by atoms with E-state index in [4.69, 9.17) is 4.74 Å². The molecule has 0 radical (unpaired) electrons. The summed E-state index contributed by atoms with van der Waals surface area (Å²) in [4.78, 5) is 13.1. The topological polar surface area (TPSA) is 58.6 Å². The zero-order chi connectivity index (χ0) is 17.5. The minimum Gasteiger partial charge on any atom is -0.505 e. The monoisotopic (exact) mass is 347 g/mol. The maximum absolute atomic E-state index is 13.5. The third kappa shape index (κ3) is 4.76. The summed E-state index contributed by atoms with van der Waals surface area (Å²) in [5, 5.41) is 11.9. The van der Waals surface area contributed by atoms with E-state index >= 15 is 0 Å². The summed E-state index contributed by atoms with van der Waals surface area (Å²) in [6, 6.07) is 11.2. The molecule has 0 saturated heterocycles. The van der Waals surface area contributed by atoms with Crippen LogP contribution < -0.4 is 5.32 Å². The number of amides is 1. The zero-order valence-corrected chi connectivity index (χ0v) is 14.0. The predicted octanol–water partition coefficient (Wildman–Crippen LogP) is 5.12. The summed E-state index contributed by atoms with van der Waals surface area (Å²) in [5.74, 6) is -1.22. The standard InChI is InChI=1S/C18H18FNO3S/c1-3-4-17(12-5-10-16(21)15(19)11-12)23-18(22)20-13-6-8-14(24-2)9-7-13/h3,5-11,17,21H,1,4H2,2H3,(H,20,22)/t17-/m0/s1. The van der Waals surface area contributed by atoms with Crippen LogP contribution in [0.15, 0.2) is 60.0 Å². The Morgan fingerprint density at radius 2 is 2.08 bits per heavy atom. The number of carbonyl (C=O) groups excluding carboxylic acids is 1. The van der Waals surface area contributed by atoms with Gasteiger partial charge in [-0.25, -0.2) is 9.18 Å². The molecule has 0 spiro atoms. The second-order valence-corrected chi connectivity index (χ2v) is 5.86. The fourth-order valence-corrected chi connectivity index (χ4v) is 2.49. The SMILES string of the molecule is C=CC[C@H](OC(=O)Nc1ccc(SC)cc1)c1ccc(O)c(F)c1. The first-order chi connectivity index (χ1) is 11.5. The van der Waals surface area contributed by atoms with Crippen LogP contribution in [0.1, 0.15) is 18.1 Å². The van der Waals surface area contributed by atoms with Gasteiger partial charge in [-0.15, -0.1) is 18.3 Å². The van der Waals surface area contributed by atoms with Gasteiger partial charge in [0.25, 0.3) is 0 Å². The molecule has 0 aliphatic carbocycles. The van der Waals surface area contributed by atoms with Crippen LogP contribution in [0.4, 0.5) is 14.9 Å². The van der Waals surface area contributed by atoms with Crippen molar-refractivity contribution in [2.75, 3.05) is 11.6 Å². The van der Waals surface area contributed by atoms with E-state index in [0.29, 0.717) is 17.7 Å². The average Bonchev–Trinajstić information content (AvgIpc) is 2.57. The Bertz CT molecular complexity index is 719. The van der Waals surface area contributed by atoms with Crippen LogP contribution in [0, 0.1) is 5.82 Å². The molecule has 0 aromatic heterocycles. The van der Waals surface area contributed by atoms with Gasteiger partial charge in [0.05, 0.1) is 0 Å². The predicted molar refractivity (Wildman–Crippen MR) is 93.9 cm³/mol. The Morgan fingerprint density at radius 1 is 1.38 bits per heavy atom. The molecule has 2 N–H and O–H groups in total. The molecule has 2 aromatic carbocycles. The second-order valence-electron chi connectivity index (χ2n) is 4.98. The van der Waals surface area contributed by atoms with Crippen LogP contribution in [0.2, 0.25) is 0 Å². The van der Waals surface area contributed by atoms with E-state index in [-0.39, 0.29) is 0 Å². The van der Waals surface area contributed by atoms with Crippen LogP contribution in [0.3, 0.4) is 0 Å². The van der Waals surface area contributed by atoms with Gasteiger partial charge in [-0.1, -0.05) is 12.1 Å². The number of aromatic hydroxyl groups is 1. The molecule has 1 atom stereocenters. The Balaban J connectivity index is 2.06. The molecule has 24 heavy (non-hydrogen) atoms. The maximum Gasteiger partial charge on any atom is 0.412 e. The van der Waals surface area contributed by atoms with Crippen molar-refractivity contribution in [3.05, 3.63) is 66.5 Å². The number of hydrogen-bond acceptors (Lipinski definition) is 4. The van der Waals surface area contributed by atoms with Crippen LogP contribution in [-0.2, 0) is 4.74 Å². The lowest BCUT2D eigenvalue weighted by atomic mass is 10.1. The molecule has 0 aliphatic rings. The number of rotatable bonds is 6. The summed E-state index contributed by atoms with van der Waals surface area (Å²) < 4.78 is 18.9. The van der Waals surface area contributed by atoms with Crippen molar-refractivity contribution in [3.63, 3.8) is 0 Å². The molecule has 6 heteroatoms. The highest BCUT2D eigenvalue weighted by Gasteiger charge is 2.17. The van der Waals surface area contributed by atoms with Crippen LogP contribution in [0.25, 0.3) is 0 Å². The molecule has 126 valence electrons. The molecular weight excluding hydrogens is 329 g/mol. The van der Waals surface area contributed by atoms with Crippen molar-refractivity contribution in [1.82, 2.24) is 0 Å². The molecule has 0 aliphatic heterocycles. The second kappa shape index (κ2) is 8.40. The number of nitrogens with one attached hydrogen (secondary N) is 1. The Morgan fingerprint density at radius 3 is 2.67 bits per heavy atom. The Labute approximate surface area is 144 Å². The van der Waals surface area contributed by atoms with E-state index in [1.165, 1.54) is 12.1 Å². The summed E-state index contributed by atoms with van der Waals surface area (Å²) in [6.45, 7) is 3.62. The van der Waals surface area contributed by atoms with Gasteiger partial charge in [0.1, 0.15) is 6.10 Å². The first-order valence-corrected chi connectivity index (χ1v) is 8.47. The van der Waals surface area contributed by atoms with Crippen molar-refractivity contribution < 1.29 is 19.0 Å². The van der Waals surface area contributed by atoms with Crippen molar-refractivity contribution in [2.45, 2.75) is 17.4 Å². The quantitative estimate of drug-likeness (QED) is 0.562. The van der Waals surface area contributed by atoms with E-state index in [9.17, 15) is 14.3 Å². The van der Waals surface area contributed by atoms with E-state index in [2.05, 4.69) is 11.9 Å². The number of anilines is 1. The van der Waals surface area contributed by atoms with Gasteiger partial charge < -0.3 is 9.84 Å². The number of ether oxygens (including phenoxy) is 1. The lowest BCUT2D eigenvalue weighted by Crippen LogP contribution is -2.17. The largest absolute Gasteiger partial charge is 0.505 e. The van der Waals surface area contributed by atoms with Crippen LogP contribution >= 0.6 is 11.8 Å². The van der Waals surface area contributed by atoms with Gasteiger partial charge in [-0.2, -0.15) is 0 Å². The number of halogens is 1. The molecule has 1 amide bonds. The number of benzene rings is 2. The third-order valence-electron chi connectivity index (χ3n) is 3.31. The normalized spacial score (nSPS) is 11.6. The van der Waals surface area contributed by atoms with E-state index in [1.807, 2.05) is 18.4 Å². The first-order valence-electron chi connectivity index (χ1n) is 7.24. The van der Waals surface area contributed by atoms with Crippen molar-refractivity contribution >= 4 is 23.5 Å². The third-order valence-corrected chi connectivity index (χ3v) is 4.05. The van der Waals surface area contributed by atoms with Crippen molar-refractivity contribution in [1.29, 1.82) is 0 Å². The number of hydrogen-bond donors (Lipinski definition) is 2. The summed E-state index contributed by atoms with van der Waals surface area (Å²) in [5.41, 5.74) is 1.05. The van der Waals surface area contributed by atoms with Gasteiger partial charge in [-0.3, -0.25) is 5.32 Å². The van der Waals surface area contributed by atoms with Gasteiger partial charge in [0.2, 0.25) is 0 Å². The first kappa shape index (κ1) is 17.9. The smallest absolute Gasteiger partial charge is 0.412 e. The number of thioether (sulfide) groups is 1. The fourth-order valence-electron chi connectivity index (χ4n) is 2.08. The lowest BCUT2D eigenvalue weighted by Gasteiger charge is -2.17. The molecule has 0 bridgehead atoms. The Hall–Kier alpha value is -2.47. The highest BCUT2D eigenvalue weighted by Crippen LogP contribution is 2.26. The van der Waals surface area contributed by atoms with Crippen LogP contribution in [0.5, 0.6) is 5.75 Å². The minimum absolute atomic E-state index is 0.322. The maximum atomic E-state index is 13.5. The van der Waals surface area contributed by atoms with Gasteiger partial charge in [0, 0.05) is 17.0 Å². The van der Waals surface area contributed by atoms with Gasteiger partial charge in [-0.05, 0) is 48.2 Å². The molecule has 2 rings (SSSR count). The van der Waals surface area contributed by atoms with E-state index in [0.717, 1.165) is 11.0 Å². The Kier molecular flexibility index (Phi) is 6.26. The molecule has 2 aromatic rings. The molecular formula is C18H18FNO3S. The van der Waals surface area contributed by atoms with Gasteiger partial charge >= 0.3 is 6.09 Å². The number of phenols is 1. The molecule has 4 nitrogen and oxygen atoms in total. The summed E-state index contributed by atoms with van der Waals surface area (Å²) >= 11 is 1.60. The number of carbonyl (C=O) groups is 1. The molecule has 0 heterocycles. The van der Waals surface area contributed by atoms with Crippen LogP contribution in [-0.4, -0.2) is 17.5 Å². The molecule has 0 saturated carbocycles. The lowest BCUT2D eigenvalue weighted by molar-refractivity contribution is 0.112. The van der Waals surface area contributed by atoms with Crippen molar-refractivity contribution in [2.24, 2.45) is 0 Å². The number of phenolic OH excluding ortho intramolecular Hbond substituents is 1. The highest BCUT2D eigenvalue weighted by molar-refractivity contribution is 7.98. The minimum atomic E-state index is -0.766. The van der Waals surface area contributed by atoms with Gasteiger partial charge in [0.15, 0.2) is 11.6 Å². The molecule has 0 fully saturated rings.